The summed E-state index contributed by atoms with van der Waals surface area (Å²) in [6, 6.07) is 18.8. The SMILES string of the molecule is CC(C)NC(=O)C1CCN(Cc2cccc(OCc3ccccc3)c2)CC1. The van der Waals surface area contributed by atoms with Crippen LogP contribution >= 0.6 is 0 Å². The third-order valence-electron chi connectivity index (χ3n) is 4.94. The molecule has 1 N–H and O–H groups in total. The standard InChI is InChI=1S/C23H30N2O2/c1-18(2)24-23(26)21-11-13-25(14-12-21)16-20-9-6-10-22(15-20)27-17-19-7-4-3-5-8-19/h3-10,15,18,21H,11-14,16-17H2,1-2H3,(H,24,26). The van der Waals surface area contributed by atoms with E-state index in [9.17, 15) is 4.79 Å². The third kappa shape index (κ3) is 6.10. The van der Waals surface area contributed by atoms with E-state index in [2.05, 4.69) is 40.5 Å². The molecule has 0 aromatic heterocycles. The van der Waals surface area contributed by atoms with E-state index in [-0.39, 0.29) is 17.9 Å². The number of nitrogens with one attached hydrogen (secondary N) is 1. The van der Waals surface area contributed by atoms with Gasteiger partial charge >= 0.3 is 0 Å². The van der Waals surface area contributed by atoms with E-state index in [0.29, 0.717) is 6.61 Å². The molecule has 1 heterocycles. The Balaban J connectivity index is 1.48. The number of carbonyl (C=O) groups excluding carboxylic acids is 1. The van der Waals surface area contributed by atoms with Gasteiger partial charge in [0.2, 0.25) is 5.91 Å². The normalized spacial score (nSPS) is 15.7. The number of amides is 1. The summed E-state index contributed by atoms with van der Waals surface area (Å²) in [4.78, 5) is 14.6. The Kier molecular flexibility index (Phi) is 6.88. The van der Waals surface area contributed by atoms with Gasteiger partial charge in [-0.1, -0.05) is 42.5 Å². The fraction of sp³-hybridized carbons (Fsp3) is 0.435. The van der Waals surface area contributed by atoms with Gasteiger partial charge in [-0.05, 0) is 63.0 Å². The van der Waals surface area contributed by atoms with Gasteiger partial charge in [0.25, 0.3) is 0 Å². The minimum atomic E-state index is 0.157. The molecule has 27 heavy (non-hydrogen) atoms. The van der Waals surface area contributed by atoms with E-state index in [1.165, 1.54) is 11.1 Å². The highest BCUT2D eigenvalue weighted by Crippen LogP contribution is 2.21. The van der Waals surface area contributed by atoms with E-state index in [4.69, 9.17) is 4.74 Å². The number of ether oxygens (including phenoxy) is 1. The first-order valence-corrected chi connectivity index (χ1v) is 9.88. The fourth-order valence-corrected chi connectivity index (χ4v) is 3.49. The third-order valence-corrected chi connectivity index (χ3v) is 4.94. The molecule has 0 aliphatic carbocycles. The maximum absolute atomic E-state index is 12.2. The minimum absolute atomic E-state index is 0.157. The zero-order chi connectivity index (χ0) is 19.1. The van der Waals surface area contributed by atoms with Gasteiger partial charge in [-0.25, -0.2) is 0 Å². The molecule has 3 rings (SSSR count). The Bertz CT molecular complexity index is 722. The van der Waals surface area contributed by atoms with Gasteiger partial charge < -0.3 is 10.1 Å². The van der Waals surface area contributed by atoms with E-state index in [0.717, 1.165) is 38.2 Å². The lowest BCUT2D eigenvalue weighted by atomic mass is 9.95. The summed E-state index contributed by atoms with van der Waals surface area (Å²) in [6.07, 6.45) is 1.87. The number of hydrogen-bond donors (Lipinski definition) is 1. The molecule has 0 unspecified atom stereocenters. The van der Waals surface area contributed by atoms with E-state index in [1.54, 1.807) is 0 Å². The lowest BCUT2D eigenvalue weighted by Crippen LogP contribution is -2.42. The minimum Gasteiger partial charge on any atom is -0.489 e. The van der Waals surface area contributed by atoms with Crippen LogP contribution in [-0.4, -0.2) is 29.9 Å². The predicted octanol–water partition coefficient (Wildman–Crippen LogP) is 4.00. The van der Waals surface area contributed by atoms with Crippen LogP contribution in [-0.2, 0) is 17.9 Å². The molecule has 1 saturated heterocycles. The number of likely N-dealkylation sites (tertiary alicyclic amines) is 1. The van der Waals surface area contributed by atoms with Crippen LogP contribution in [0.25, 0.3) is 0 Å². The van der Waals surface area contributed by atoms with Crippen molar-refractivity contribution in [1.82, 2.24) is 10.2 Å². The molecule has 0 saturated carbocycles. The number of benzene rings is 2. The number of hydrogen-bond acceptors (Lipinski definition) is 3. The van der Waals surface area contributed by atoms with Crippen molar-refractivity contribution < 1.29 is 9.53 Å². The fourth-order valence-electron chi connectivity index (χ4n) is 3.49. The molecule has 2 aromatic rings. The lowest BCUT2D eigenvalue weighted by molar-refractivity contribution is -0.127. The second kappa shape index (κ2) is 9.56. The summed E-state index contributed by atoms with van der Waals surface area (Å²) < 4.78 is 5.94. The van der Waals surface area contributed by atoms with Gasteiger partial charge in [-0.3, -0.25) is 9.69 Å². The van der Waals surface area contributed by atoms with Gasteiger partial charge in [0, 0.05) is 18.5 Å². The number of rotatable bonds is 7. The Hall–Kier alpha value is -2.33. The molecule has 2 aromatic carbocycles. The molecular weight excluding hydrogens is 336 g/mol. The quantitative estimate of drug-likeness (QED) is 0.805. The maximum Gasteiger partial charge on any atom is 0.223 e. The topological polar surface area (TPSA) is 41.6 Å². The average molecular weight is 367 g/mol. The zero-order valence-corrected chi connectivity index (χ0v) is 16.4. The van der Waals surface area contributed by atoms with Gasteiger partial charge in [-0.2, -0.15) is 0 Å². The predicted molar refractivity (Wildman–Crippen MR) is 108 cm³/mol. The molecule has 1 amide bonds. The van der Waals surface area contributed by atoms with Crippen molar-refractivity contribution in [3.8, 4) is 5.75 Å². The first-order valence-electron chi connectivity index (χ1n) is 9.88. The number of piperidine rings is 1. The van der Waals surface area contributed by atoms with Crippen LogP contribution in [0.5, 0.6) is 5.75 Å². The molecule has 0 atom stereocenters. The first kappa shape index (κ1) is 19.4. The van der Waals surface area contributed by atoms with E-state index >= 15 is 0 Å². The summed E-state index contributed by atoms with van der Waals surface area (Å²) in [7, 11) is 0. The van der Waals surface area contributed by atoms with Crippen molar-refractivity contribution in [2.75, 3.05) is 13.1 Å². The lowest BCUT2D eigenvalue weighted by Gasteiger charge is -2.31. The summed E-state index contributed by atoms with van der Waals surface area (Å²) in [5.41, 5.74) is 2.43. The van der Waals surface area contributed by atoms with Crippen LogP contribution in [0.3, 0.4) is 0 Å². The monoisotopic (exact) mass is 366 g/mol. The molecule has 4 nitrogen and oxygen atoms in total. The van der Waals surface area contributed by atoms with Crippen LogP contribution < -0.4 is 10.1 Å². The molecule has 1 fully saturated rings. The summed E-state index contributed by atoms with van der Waals surface area (Å²) in [5, 5.41) is 3.04. The van der Waals surface area contributed by atoms with Crippen LogP contribution in [0.4, 0.5) is 0 Å². The maximum atomic E-state index is 12.2. The molecule has 4 heteroatoms. The summed E-state index contributed by atoms with van der Waals surface area (Å²) >= 11 is 0. The van der Waals surface area contributed by atoms with Crippen LogP contribution in [0.15, 0.2) is 54.6 Å². The van der Waals surface area contributed by atoms with Crippen molar-refractivity contribution >= 4 is 5.91 Å². The highest BCUT2D eigenvalue weighted by Gasteiger charge is 2.25. The number of nitrogens with zero attached hydrogens (tertiary/aromatic N) is 1. The molecule has 0 bridgehead atoms. The van der Waals surface area contributed by atoms with Gasteiger partial charge in [0.1, 0.15) is 12.4 Å². The van der Waals surface area contributed by atoms with Crippen molar-refractivity contribution in [2.24, 2.45) is 5.92 Å². The Morgan fingerprint density at radius 3 is 2.48 bits per heavy atom. The second-order valence-electron chi connectivity index (χ2n) is 7.64. The summed E-state index contributed by atoms with van der Waals surface area (Å²) in [6.45, 7) is 7.44. The zero-order valence-electron chi connectivity index (χ0n) is 16.4. The molecular formula is C23H30N2O2. The van der Waals surface area contributed by atoms with Crippen molar-refractivity contribution in [3.63, 3.8) is 0 Å². The Morgan fingerprint density at radius 1 is 1.07 bits per heavy atom. The Labute approximate surface area is 162 Å². The largest absolute Gasteiger partial charge is 0.489 e. The van der Waals surface area contributed by atoms with Gasteiger partial charge in [0.15, 0.2) is 0 Å². The van der Waals surface area contributed by atoms with Gasteiger partial charge in [0.05, 0.1) is 0 Å². The van der Waals surface area contributed by atoms with Crippen LogP contribution in [0.1, 0.15) is 37.8 Å². The second-order valence-corrected chi connectivity index (χ2v) is 7.64. The van der Waals surface area contributed by atoms with Crippen LogP contribution in [0, 0.1) is 5.92 Å². The molecule has 1 aliphatic heterocycles. The summed E-state index contributed by atoms with van der Waals surface area (Å²) in [5.74, 6) is 1.27. The van der Waals surface area contributed by atoms with E-state index < -0.39 is 0 Å². The average Bonchev–Trinajstić information content (AvgIpc) is 2.67. The highest BCUT2D eigenvalue weighted by atomic mass is 16.5. The van der Waals surface area contributed by atoms with Crippen molar-refractivity contribution in [3.05, 3.63) is 65.7 Å². The molecule has 0 radical (unpaired) electrons. The van der Waals surface area contributed by atoms with E-state index in [1.807, 2.05) is 38.1 Å². The van der Waals surface area contributed by atoms with Crippen molar-refractivity contribution in [2.45, 2.75) is 45.9 Å². The molecule has 144 valence electrons. The highest BCUT2D eigenvalue weighted by molar-refractivity contribution is 5.78. The number of carbonyl (C=O) groups is 1. The van der Waals surface area contributed by atoms with Gasteiger partial charge in [-0.15, -0.1) is 0 Å². The van der Waals surface area contributed by atoms with Crippen LogP contribution in [0.2, 0.25) is 0 Å². The van der Waals surface area contributed by atoms with Crippen molar-refractivity contribution in [1.29, 1.82) is 0 Å². The first-order chi connectivity index (χ1) is 13.1. The molecule has 1 aliphatic rings. The molecule has 0 spiro atoms. The smallest absolute Gasteiger partial charge is 0.223 e. The Morgan fingerprint density at radius 2 is 1.78 bits per heavy atom.